The summed E-state index contributed by atoms with van der Waals surface area (Å²) >= 11 is 0. The standard InChI is InChI=1S/C11H21NO3S/c1-15-6-5-12-9-11(3-4-11)10-2-7-16(13,14)8-10/h10,12H,2-9H2,1H3. The monoisotopic (exact) mass is 247 g/mol. The Morgan fingerprint density at radius 1 is 1.44 bits per heavy atom. The molecule has 16 heavy (non-hydrogen) atoms. The third kappa shape index (κ3) is 2.76. The third-order valence-electron chi connectivity index (χ3n) is 3.95. The van der Waals surface area contributed by atoms with Crippen molar-refractivity contribution in [3.8, 4) is 0 Å². The maximum absolute atomic E-state index is 11.5. The fourth-order valence-corrected chi connectivity index (χ4v) is 4.62. The first-order valence-electron chi connectivity index (χ1n) is 5.98. The molecule has 2 aliphatic rings. The van der Waals surface area contributed by atoms with Crippen molar-refractivity contribution in [1.82, 2.24) is 5.32 Å². The van der Waals surface area contributed by atoms with Crippen LogP contribution in [0.15, 0.2) is 0 Å². The molecule has 0 aromatic rings. The number of methoxy groups -OCH3 is 1. The van der Waals surface area contributed by atoms with Crippen molar-refractivity contribution in [2.75, 3.05) is 38.3 Å². The number of rotatable bonds is 6. The van der Waals surface area contributed by atoms with Crippen LogP contribution in [-0.2, 0) is 14.6 Å². The van der Waals surface area contributed by atoms with Crippen LogP contribution in [0.2, 0.25) is 0 Å². The normalized spacial score (nSPS) is 30.4. The number of sulfone groups is 1. The van der Waals surface area contributed by atoms with Crippen molar-refractivity contribution in [2.45, 2.75) is 19.3 Å². The van der Waals surface area contributed by atoms with E-state index in [4.69, 9.17) is 4.74 Å². The Bertz CT molecular complexity index is 335. The molecule has 0 bridgehead atoms. The quantitative estimate of drug-likeness (QED) is 0.692. The lowest BCUT2D eigenvalue weighted by atomic mass is 9.88. The summed E-state index contributed by atoms with van der Waals surface area (Å²) in [6.07, 6.45) is 3.24. The van der Waals surface area contributed by atoms with Crippen LogP contribution in [0.4, 0.5) is 0 Å². The Morgan fingerprint density at radius 2 is 2.19 bits per heavy atom. The molecule has 0 aromatic heterocycles. The highest BCUT2D eigenvalue weighted by atomic mass is 32.2. The van der Waals surface area contributed by atoms with Gasteiger partial charge in [0.2, 0.25) is 0 Å². The van der Waals surface area contributed by atoms with Crippen LogP contribution in [-0.4, -0.2) is 46.7 Å². The molecule has 94 valence electrons. The molecule has 1 saturated carbocycles. The average Bonchev–Trinajstić information content (AvgIpc) is 2.93. The molecule has 1 aliphatic carbocycles. The highest BCUT2D eigenvalue weighted by molar-refractivity contribution is 7.91. The van der Waals surface area contributed by atoms with E-state index in [9.17, 15) is 8.42 Å². The topological polar surface area (TPSA) is 55.4 Å². The highest BCUT2D eigenvalue weighted by Crippen LogP contribution is 2.54. The Labute approximate surface area is 97.7 Å². The van der Waals surface area contributed by atoms with Crippen molar-refractivity contribution in [1.29, 1.82) is 0 Å². The van der Waals surface area contributed by atoms with Gasteiger partial charge in [0.1, 0.15) is 0 Å². The zero-order chi connectivity index (χ0) is 11.6. The predicted molar refractivity (Wildman–Crippen MR) is 63.2 cm³/mol. The molecule has 0 spiro atoms. The number of nitrogens with one attached hydrogen (secondary N) is 1. The molecule has 1 heterocycles. The molecule has 1 aliphatic heterocycles. The minimum absolute atomic E-state index is 0.289. The summed E-state index contributed by atoms with van der Waals surface area (Å²) in [5.74, 6) is 1.21. The van der Waals surface area contributed by atoms with Crippen LogP contribution in [0.3, 0.4) is 0 Å². The molecular formula is C11H21NO3S. The molecule has 2 rings (SSSR count). The molecule has 4 nitrogen and oxygen atoms in total. The second-order valence-corrected chi connectivity index (χ2v) is 7.36. The Morgan fingerprint density at radius 3 is 2.69 bits per heavy atom. The maximum Gasteiger partial charge on any atom is 0.150 e. The first kappa shape index (κ1) is 12.3. The van der Waals surface area contributed by atoms with E-state index in [0.29, 0.717) is 17.4 Å². The van der Waals surface area contributed by atoms with Gasteiger partial charge < -0.3 is 10.1 Å². The summed E-state index contributed by atoms with van der Waals surface area (Å²) in [6, 6.07) is 0. The number of hydrogen-bond donors (Lipinski definition) is 1. The zero-order valence-corrected chi connectivity index (χ0v) is 10.7. The summed E-state index contributed by atoms with van der Waals surface area (Å²) in [5.41, 5.74) is 0.289. The second-order valence-electron chi connectivity index (χ2n) is 5.13. The highest BCUT2D eigenvalue weighted by Gasteiger charge is 2.51. The van der Waals surface area contributed by atoms with Gasteiger partial charge in [-0.25, -0.2) is 8.42 Å². The molecule has 1 N–H and O–H groups in total. The van der Waals surface area contributed by atoms with E-state index in [1.807, 2.05) is 0 Å². The van der Waals surface area contributed by atoms with Crippen LogP contribution in [0, 0.1) is 11.3 Å². The van der Waals surface area contributed by atoms with Gasteiger partial charge in [-0.1, -0.05) is 0 Å². The van der Waals surface area contributed by atoms with E-state index in [2.05, 4.69) is 5.32 Å². The van der Waals surface area contributed by atoms with Crippen LogP contribution >= 0.6 is 0 Å². The van der Waals surface area contributed by atoms with E-state index in [1.165, 1.54) is 12.8 Å². The summed E-state index contributed by atoms with van der Waals surface area (Å²) in [4.78, 5) is 0. The van der Waals surface area contributed by atoms with Crippen molar-refractivity contribution < 1.29 is 13.2 Å². The van der Waals surface area contributed by atoms with Crippen molar-refractivity contribution in [3.05, 3.63) is 0 Å². The lowest BCUT2D eigenvalue weighted by Gasteiger charge is -2.22. The summed E-state index contributed by atoms with van der Waals surface area (Å²) < 4.78 is 27.9. The first-order chi connectivity index (χ1) is 7.58. The molecule has 0 aromatic carbocycles. The molecule has 1 atom stereocenters. The molecule has 2 fully saturated rings. The fraction of sp³-hybridized carbons (Fsp3) is 1.00. The summed E-state index contributed by atoms with van der Waals surface area (Å²) in [5, 5.41) is 3.37. The lowest BCUT2D eigenvalue weighted by Crippen LogP contribution is -2.32. The zero-order valence-electron chi connectivity index (χ0n) is 9.87. The largest absolute Gasteiger partial charge is 0.383 e. The minimum atomic E-state index is -2.73. The second kappa shape index (κ2) is 4.63. The lowest BCUT2D eigenvalue weighted by molar-refractivity contribution is 0.194. The maximum atomic E-state index is 11.5. The molecule has 0 radical (unpaired) electrons. The summed E-state index contributed by atoms with van der Waals surface area (Å²) in [6.45, 7) is 2.54. The van der Waals surface area contributed by atoms with Gasteiger partial charge in [-0.2, -0.15) is 0 Å². The first-order valence-corrected chi connectivity index (χ1v) is 7.80. The van der Waals surface area contributed by atoms with Gasteiger partial charge >= 0.3 is 0 Å². The van der Waals surface area contributed by atoms with Gasteiger partial charge in [0.25, 0.3) is 0 Å². The van der Waals surface area contributed by atoms with Gasteiger partial charge in [0.15, 0.2) is 9.84 Å². The minimum Gasteiger partial charge on any atom is -0.383 e. The van der Waals surface area contributed by atoms with Gasteiger partial charge in [-0.15, -0.1) is 0 Å². The van der Waals surface area contributed by atoms with Crippen molar-refractivity contribution >= 4 is 9.84 Å². The third-order valence-corrected chi connectivity index (χ3v) is 5.72. The van der Waals surface area contributed by atoms with Crippen LogP contribution in [0.25, 0.3) is 0 Å². The Hall–Kier alpha value is -0.130. The predicted octanol–water partition coefficient (Wildman–Crippen LogP) is 0.437. The number of ether oxygens (including phenoxy) is 1. The fourth-order valence-electron chi connectivity index (χ4n) is 2.68. The average molecular weight is 247 g/mol. The van der Waals surface area contributed by atoms with Crippen molar-refractivity contribution in [3.63, 3.8) is 0 Å². The summed E-state index contributed by atoms with van der Waals surface area (Å²) in [7, 11) is -1.03. The number of hydrogen-bond acceptors (Lipinski definition) is 4. The Balaban J connectivity index is 1.80. The molecule has 5 heteroatoms. The van der Waals surface area contributed by atoms with E-state index < -0.39 is 9.84 Å². The smallest absolute Gasteiger partial charge is 0.150 e. The SMILES string of the molecule is COCCNCC1(C2CCS(=O)(=O)C2)CC1. The molecular weight excluding hydrogens is 226 g/mol. The molecule has 1 saturated heterocycles. The molecule has 0 amide bonds. The van der Waals surface area contributed by atoms with E-state index in [0.717, 1.165) is 26.1 Å². The van der Waals surface area contributed by atoms with E-state index in [1.54, 1.807) is 7.11 Å². The van der Waals surface area contributed by atoms with Gasteiger partial charge in [-0.3, -0.25) is 0 Å². The van der Waals surface area contributed by atoms with E-state index >= 15 is 0 Å². The molecule has 1 unspecified atom stereocenters. The van der Waals surface area contributed by atoms with E-state index in [-0.39, 0.29) is 5.41 Å². The van der Waals surface area contributed by atoms with Crippen LogP contribution in [0.1, 0.15) is 19.3 Å². The van der Waals surface area contributed by atoms with Gasteiger partial charge in [0, 0.05) is 20.2 Å². The van der Waals surface area contributed by atoms with Crippen LogP contribution < -0.4 is 5.32 Å². The van der Waals surface area contributed by atoms with Crippen LogP contribution in [0.5, 0.6) is 0 Å². The van der Waals surface area contributed by atoms with Gasteiger partial charge in [0.05, 0.1) is 18.1 Å². The Kier molecular flexibility index (Phi) is 3.56. The van der Waals surface area contributed by atoms with Gasteiger partial charge in [-0.05, 0) is 30.6 Å². The van der Waals surface area contributed by atoms with Crippen molar-refractivity contribution in [2.24, 2.45) is 11.3 Å².